The van der Waals surface area contributed by atoms with Crippen molar-refractivity contribution in [2.75, 3.05) is 39.6 Å². The Morgan fingerprint density at radius 2 is 0.841 bits per heavy atom. The average molecular weight is 1260 g/mol. The van der Waals surface area contributed by atoms with Crippen LogP contribution in [0.25, 0.3) is 0 Å². The fourth-order valence-corrected chi connectivity index (χ4v) is 11.4. The van der Waals surface area contributed by atoms with Gasteiger partial charge in [-0.3, -0.25) is 24.0 Å². The number of aliphatic hydroxyl groups excluding tert-OH is 11. The van der Waals surface area contributed by atoms with Gasteiger partial charge in [-0.2, -0.15) is 0 Å². The SMILES string of the molecule is CCCCCC/C=C\CCCOc1cccc(C(=O)NC2[C@H](O[C@H]3C(O)C(NC(C)=O)[C@H](OC4C(CO)O[C@@H](O[C@H]5C(O)C(NC(C)=O)C(OC6C(CO)OC(C)[C@@H](NC(C)=O)[C@H]6O)O[C@H]5CO)[C@@H](NC(C)=O)[C@H]4O)O[C@H]3CO)OC(CO)[C@@H](O)[C@@H]2O)c1. The summed E-state index contributed by atoms with van der Waals surface area (Å²) in [4.78, 5) is 64.3. The first-order chi connectivity index (χ1) is 42.0. The van der Waals surface area contributed by atoms with Crippen LogP contribution < -0.4 is 31.3 Å². The molecule has 5 saturated heterocycles. The largest absolute Gasteiger partial charge is 0.494 e. The van der Waals surface area contributed by atoms with Crippen molar-refractivity contribution in [3.05, 3.63) is 42.0 Å². The van der Waals surface area contributed by atoms with E-state index in [0.717, 1.165) is 40.0 Å². The summed E-state index contributed by atoms with van der Waals surface area (Å²) >= 11 is 0. The zero-order valence-electron chi connectivity index (χ0n) is 50.1. The van der Waals surface area contributed by atoms with Gasteiger partial charge in [-0.1, -0.05) is 44.4 Å². The molecule has 0 radical (unpaired) electrons. The monoisotopic (exact) mass is 1260 g/mol. The van der Waals surface area contributed by atoms with Crippen molar-refractivity contribution < 1.29 is 128 Å². The highest BCUT2D eigenvalue weighted by atomic mass is 16.8. The highest BCUT2D eigenvalue weighted by Crippen LogP contribution is 2.36. The maximum atomic E-state index is 13.9. The summed E-state index contributed by atoms with van der Waals surface area (Å²) in [6.07, 6.45) is -22.4. The molecule has 0 saturated carbocycles. The lowest BCUT2D eigenvalue weighted by molar-refractivity contribution is -0.366. The summed E-state index contributed by atoms with van der Waals surface area (Å²) in [5.41, 5.74) is 0.0635. The zero-order chi connectivity index (χ0) is 64.5. The van der Waals surface area contributed by atoms with E-state index in [1.807, 2.05) is 0 Å². The van der Waals surface area contributed by atoms with E-state index in [1.165, 1.54) is 45.2 Å². The minimum absolute atomic E-state index is 0.0635. The first kappa shape index (κ1) is 72.4. The van der Waals surface area contributed by atoms with Crippen molar-refractivity contribution in [3.63, 3.8) is 0 Å². The van der Waals surface area contributed by atoms with Crippen LogP contribution in [-0.2, 0) is 61.8 Å². The standard InChI is InChI=1S/C57H91N5O26/c1-7-8-9-10-11-12-13-14-15-19-79-32-18-16-17-31(20-32)53(78)62-39-44(73)43(72)33(21-63)81-54(39)86-50-35(23-65)83-56(41(46(50)75)60-29(5)70)88-52-37(25-67)84-57(42(48(52)77)61-30(6)71)87-51-36(24-66)82-55(40(47(51)76)59-28(4)69)85-49-34(22-64)80-26(2)38(45(49)74)58-27(3)68/h12-13,16-18,20,26,33-52,54-57,63-67,72-77H,7-11,14-15,19,21-25H2,1-6H3,(H,58,68)(H,59,69)(H,60,70)(H,61,71)(H,62,78)/b13-12-/t26?,33?,34?,35-,36-,37?,38+,39?,40?,41?,42-,43+,44+,45+,46?,47?,48+,49?,50+,51+,52?,54-,55?,56-,57-/m0/s1. The molecule has 5 fully saturated rings. The fourth-order valence-electron chi connectivity index (χ4n) is 11.4. The molecule has 5 heterocycles. The molecule has 6 rings (SSSR count). The third-order valence-corrected chi connectivity index (χ3v) is 15.8. The molecule has 5 amide bonds. The Bertz CT molecular complexity index is 2400. The number of aliphatic hydroxyl groups is 11. The Morgan fingerprint density at radius 3 is 1.25 bits per heavy atom. The van der Waals surface area contributed by atoms with E-state index in [9.17, 15) is 80.1 Å². The highest BCUT2D eigenvalue weighted by Gasteiger charge is 2.57. The Balaban J connectivity index is 1.18. The van der Waals surface area contributed by atoms with Crippen LogP contribution in [0.3, 0.4) is 0 Å². The number of amides is 5. The maximum absolute atomic E-state index is 13.9. The van der Waals surface area contributed by atoms with E-state index in [0.29, 0.717) is 18.8 Å². The molecule has 16 N–H and O–H groups in total. The molecule has 0 spiro atoms. The van der Waals surface area contributed by atoms with Crippen LogP contribution in [-0.4, -0.2) is 278 Å². The van der Waals surface area contributed by atoms with Crippen LogP contribution in [0.5, 0.6) is 5.75 Å². The quantitative estimate of drug-likeness (QED) is 0.0263. The molecular formula is C57H91N5O26. The van der Waals surface area contributed by atoms with Gasteiger partial charge < -0.3 is 130 Å². The number of nitrogens with one attached hydrogen (secondary N) is 5. The normalized spacial score (nSPS) is 37.8. The molecular weight excluding hydrogens is 1170 g/mol. The summed E-state index contributed by atoms with van der Waals surface area (Å²) in [6.45, 7) is 3.96. The predicted octanol–water partition coefficient (Wildman–Crippen LogP) is -5.16. The number of hydrogen-bond donors (Lipinski definition) is 16. The van der Waals surface area contributed by atoms with Crippen molar-refractivity contribution in [2.24, 2.45) is 0 Å². The average Bonchev–Trinajstić information content (AvgIpc) is 1.44. The van der Waals surface area contributed by atoms with E-state index < -0.39 is 216 Å². The molecule has 0 aromatic heterocycles. The van der Waals surface area contributed by atoms with Crippen LogP contribution in [0.1, 0.15) is 96.8 Å². The number of carbonyl (C=O) groups is 5. The molecule has 500 valence electrons. The lowest BCUT2D eigenvalue weighted by Crippen LogP contribution is -2.72. The van der Waals surface area contributed by atoms with Gasteiger partial charge in [0.05, 0.1) is 51.8 Å². The highest BCUT2D eigenvalue weighted by molar-refractivity contribution is 5.94. The zero-order valence-corrected chi connectivity index (χ0v) is 50.1. The molecule has 1 aromatic carbocycles. The van der Waals surface area contributed by atoms with Crippen molar-refractivity contribution in [3.8, 4) is 5.75 Å². The van der Waals surface area contributed by atoms with Crippen molar-refractivity contribution >= 4 is 29.5 Å². The second-order valence-corrected chi connectivity index (χ2v) is 22.6. The minimum atomic E-state index is -2.01. The minimum Gasteiger partial charge on any atom is -0.494 e. The van der Waals surface area contributed by atoms with E-state index in [4.69, 9.17) is 47.4 Å². The Hall–Kier alpha value is -4.69. The molecule has 5 aliphatic rings. The molecule has 31 nitrogen and oxygen atoms in total. The molecule has 5 aliphatic heterocycles. The number of allylic oxidation sites excluding steroid dienone is 2. The van der Waals surface area contributed by atoms with Crippen LogP contribution in [0.2, 0.25) is 0 Å². The first-order valence-electron chi connectivity index (χ1n) is 29.8. The van der Waals surface area contributed by atoms with Crippen molar-refractivity contribution in [1.29, 1.82) is 0 Å². The van der Waals surface area contributed by atoms with E-state index in [1.54, 1.807) is 12.1 Å². The second kappa shape index (κ2) is 34.7. The number of benzene rings is 1. The third-order valence-electron chi connectivity index (χ3n) is 15.8. The number of hydrogen-bond acceptors (Lipinski definition) is 26. The summed E-state index contributed by atoms with van der Waals surface area (Å²) in [5, 5.41) is 135. The fraction of sp³-hybridized carbons (Fsp3) is 0.772. The van der Waals surface area contributed by atoms with E-state index >= 15 is 0 Å². The molecule has 0 aliphatic carbocycles. The van der Waals surface area contributed by atoms with Gasteiger partial charge >= 0.3 is 0 Å². The maximum Gasteiger partial charge on any atom is 0.251 e. The van der Waals surface area contributed by atoms with Gasteiger partial charge in [-0.25, -0.2) is 0 Å². The van der Waals surface area contributed by atoms with E-state index in [2.05, 4.69) is 45.7 Å². The summed E-state index contributed by atoms with van der Waals surface area (Å²) in [5.74, 6) is -3.30. The summed E-state index contributed by atoms with van der Waals surface area (Å²) in [7, 11) is 0. The molecule has 31 heteroatoms. The summed E-state index contributed by atoms with van der Waals surface area (Å²) in [6, 6.07) is -1.61. The first-order valence-corrected chi connectivity index (χ1v) is 29.8. The Morgan fingerprint density at radius 1 is 0.466 bits per heavy atom. The van der Waals surface area contributed by atoms with Gasteiger partial charge in [0.15, 0.2) is 25.2 Å². The van der Waals surface area contributed by atoms with Crippen molar-refractivity contribution in [2.45, 2.75) is 240 Å². The van der Waals surface area contributed by atoms with Gasteiger partial charge in [0.2, 0.25) is 23.6 Å². The van der Waals surface area contributed by atoms with Gasteiger partial charge in [0, 0.05) is 33.3 Å². The number of ether oxygens (including phenoxy) is 10. The molecule has 1 aromatic rings. The molecule has 12 unspecified atom stereocenters. The smallest absolute Gasteiger partial charge is 0.251 e. The third kappa shape index (κ3) is 18.7. The van der Waals surface area contributed by atoms with Gasteiger partial charge in [-0.15, -0.1) is 0 Å². The second-order valence-electron chi connectivity index (χ2n) is 22.6. The molecule has 25 atom stereocenters. The topological polar surface area (TPSA) is 460 Å². The van der Waals surface area contributed by atoms with Crippen LogP contribution in [0, 0.1) is 0 Å². The van der Waals surface area contributed by atoms with Crippen LogP contribution in [0.15, 0.2) is 36.4 Å². The Labute approximate surface area is 509 Å². The molecule has 0 bridgehead atoms. The van der Waals surface area contributed by atoms with Gasteiger partial charge in [0.25, 0.3) is 5.91 Å². The van der Waals surface area contributed by atoms with E-state index in [-0.39, 0.29) is 5.56 Å². The van der Waals surface area contributed by atoms with Crippen molar-refractivity contribution in [1.82, 2.24) is 26.6 Å². The van der Waals surface area contributed by atoms with Gasteiger partial charge in [-0.05, 0) is 50.8 Å². The number of rotatable bonds is 29. The lowest BCUT2D eigenvalue weighted by Gasteiger charge is -2.51. The molecule has 88 heavy (non-hydrogen) atoms. The van der Waals surface area contributed by atoms with Gasteiger partial charge in [0.1, 0.15) is 121 Å². The Kier molecular flexibility index (Phi) is 28.5. The number of unbranched alkanes of at least 4 members (excludes halogenated alkanes) is 5. The van der Waals surface area contributed by atoms with Crippen LogP contribution >= 0.6 is 0 Å². The number of carbonyl (C=O) groups excluding carboxylic acids is 5. The summed E-state index contributed by atoms with van der Waals surface area (Å²) < 4.78 is 60.6. The lowest BCUT2D eigenvalue weighted by atomic mass is 9.92. The predicted molar refractivity (Wildman–Crippen MR) is 301 cm³/mol. The van der Waals surface area contributed by atoms with Crippen LogP contribution in [0.4, 0.5) is 0 Å².